The monoisotopic (exact) mass is 186 g/mol. The van der Waals surface area contributed by atoms with Gasteiger partial charge in [-0.25, -0.2) is 0 Å². The van der Waals surface area contributed by atoms with Gasteiger partial charge < -0.3 is 11.1 Å². The van der Waals surface area contributed by atoms with Crippen molar-refractivity contribution in [3.8, 4) is 0 Å². The number of carbonyl (C=O) groups excluding carboxylic acids is 1. The fraction of sp³-hybridized carbons (Fsp3) is 0.900. The normalized spacial score (nSPS) is 10.7. The van der Waals surface area contributed by atoms with Crippen LogP contribution in [0.3, 0.4) is 0 Å². The zero-order valence-electron chi connectivity index (χ0n) is 8.81. The van der Waals surface area contributed by atoms with Crippen LogP contribution in [0.1, 0.15) is 46.0 Å². The second kappa shape index (κ2) is 8.05. The molecule has 0 atom stereocenters. The van der Waals surface area contributed by atoms with Crippen LogP contribution in [0.15, 0.2) is 0 Å². The zero-order valence-corrected chi connectivity index (χ0v) is 8.81. The molecule has 0 radical (unpaired) electrons. The van der Waals surface area contributed by atoms with Crippen molar-refractivity contribution in [2.24, 2.45) is 5.73 Å². The number of rotatable bonds is 8. The minimum atomic E-state index is -0.180. The summed E-state index contributed by atoms with van der Waals surface area (Å²) in [6, 6.07) is 0.575. The highest BCUT2D eigenvalue weighted by Crippen LogP contribution is 2.01. The van der Waals surface area contributed by atoms with E-state index >= 15 is 0 Å². The number of carbonyl (C=O) groups is 1. The number of hydrogen-bond donors (Lipinski definition) is 2. The molecule has 0 aromatic carbocycles. The van der Waals surface area contributed by atoms with Crippen molar-refractivity contribution in [2.45, 2.75) is 52.0 Å². The third-order valence-electron chi connectivity index (χ3n) is 1.90. The average Bonchev–Trinajstić information content (AvgIpc) is 2.01. The molecule has 0 spiro atoms. The summed E-state index contributed by atoms with van der Waals surface area (Å²) in [5.74, 6) is -0.180. The van der Waals surface area contributed by atoms with Crippen molar-refractivity contribution < 1.29 is 4.79 Å². The predicted molar refractivity (Wildman–Crippen MR) is 55.4 cm³/mol. The van der Waals surface area contributed by atoms with Gasteiger partial charge in [-0.3, -0.25) is 4.79 Å². The molecule has 0 saturated carbocycles. The topological polar surface area (TPSA) is 55.1 Å². The molecule has 3 heteroatoms. The molecular weight excluding hydrogens is 164 g/mol. The molecule has 0 aliphatic carbocycles. The first kappa shape index (κ1) is 12.4. The van der Waals surface area contributed by atoms with Gasteiger partial charge >= 0.3 is 0 Å². The minimum Gasteiger partial charge on any atom is -0.370 e. The maximum absolute atomic E-state index is 10.4. The van der Waals surface area contributed by atoms with Crippen LogP contribution in [0.5, 0.6) is 0 Å². The Labute approximate surface area is 81.1 Å². The first-order valence-corrected chi connectivity index (χ1v) is 5.14. The van der Waals surface area contributed by atoms with Crippen LogP contribution >= 0.6 is 0 Å². The summed E-state index contributed by atoms with van der Waals surface area (Å²) in [5.41, 5.74) is 5.02. The summed E-state index contributed by atoms with van der Waals surface area (Å²) in [6.45, 7) is 5.37. The van der Waals surface area contributed by atoms with E-state index < -0.39 is 0 Å². The number of nitrogens with one attached hydrogen (secondary N) is 1. The zero-order chi connectivity index (χ0) is 10.1. The minimum absolute atomic E-state index is 0.180. The van der Waals surface area contributed by atoms with Crippen molar-refractivity contribution in [3.63, 3.8) is 0 Å². The van der Waals surface area contributed by atoms with E-state index in [-0.39, 0.29) is 5.91 Å². The maximum Gasteiger partial charge on any atom is 0.217 e. The molecule has 0 aliphatic heterocycles. The van der Waals surface area contributed by atoms with E-state index in [0.29, 0.717) is 12.5 Å². The Kier molecular flexibility index (Phi) is 7.69. The van der Waals surface area contributed by atoms with Gasteiger partial charge in [0, 0.05) is 12.5 Å². The number of amides is 1. The molecule has 3 N–H and O–H groups in total. The molecule has 0 heterocycles. The van der Waals surface area contributed by atoms with Crippen LogP contribution < -0.4 is 11.1 Å². The summed E-state index contributed by atoms with van der Waals surface area (Å²) in [4.78, 5) is 10.4. The van der Waals surface area contributed by atoms with Crippen LogP contribution in [0, 0.1) is 0 Å². The van der Waals surface area contributed by atoms with E-state index in [1.807, 2.05) is 0 Å². The Morgan fingerprint density at radius 3 is 2.38 bits per heavy atom. The molecule has 0 fully saturated rings. The third-order valence-corrected chi connectivity index (χ3v) is 1.90. The number of nitrogens with two attached hydrogens (primary N) is 1. The van der Waals surface area contributed by atoms with Gasteiger partial charge in [-0.1, -0.05) is 26.7 Å². The highest BCUT2D eigenvalue weighted by Gasteiger charge is 1.95. The van der Waals surface area contributed by atoms with Gasteiger partial charge in [0.1, 0.15) is 0 Å². The van der Waals surface area contributed by atoms with E-state index in [1.54, 1.807) is 0 Å². The lowest BCUT2D eigenvalue weighted by atomic mass is 10.1. The smallest absolute Gasteiger partial charge is 0.217 e. The standard InChI is InChI=1S/C10H22N2O/c1-9(2)12-8-6-4-3-5-7-10(11)13/h9,12H,3-8H2,1-2H3,(H2,11,13). The second-order valence-corrected chi connectivity index (χ2v) is 3.74. The molecule has 0 rings (SSSR count). The van der Waals surface area contributed by atoms with E-state index in [0.717, 1.165) is 19.4 Å². The molecule has 0 aromatic rings. The fourth-order valence-electron chi connectivity index (χ4n) is 1.17. The highest BCUT2D eigenvalue weighted by atomic mass is 16.1. The number of unbranched alkanes of at least 4 members (excludes halogenated alkanes) is 3. The molecule has 1 amide bonds. The summed E-state index contributed by atoms with van der Waals surface area (Å²) < 4.78 is 0. The summed E-state index contributed by atoms with van der Waals surface area (Å²) in [6.07, 6.45) is 4.97. The lowest BCUT2D eigenvalue weighted by Crippen LogP contribution is -2.23. The lowest BCUT2D eigenvalue weighted by Gasteiger charge is -2.06. The average molecular weight is 186 g/mol. The maximum atomic E-state index is 10.4. The van der Waals surface area contributed by atoms with Crippen molar-refractivity contribution in [3.05, 3.63) is 0 Å². The van der Waals surface area contributed by atoms with Gasteiger partial charge in [0.25, 0.3) is 0 Å². The molecule has 13 heavy (non-hydrogen) atoms. The third kappa shape index (κ3) is 11.4. The highest BCUT2D eigenvalue weighted by molar-refractivity contribution is 5.73. The Balaban J connectivity index is 2.96. The van der Waals surface area contributed by atoms with Gasteiger partial charge in [-0.15, -0.1) is 0 Å². The first-order valence-electron chi connectivity index (χ1n) is 5.14. The lowest BCUT2D eigenvalue weighted by molar-refractivity contribution is -0.118. The Hall–Kier alpha value is -0.570. The van der Waals surface area contributed by atoms with Crippen LogP contribution in [-0.4, -0.2) is 18.5 Å². The van der Waals surface area contributed by atoms with Crippen LogP contribution in [-0.2, 0) is 4.79 Å². The van der Waals surface area contributed by atoms with Gasteiger partial charge in [0.15, 0.2) is 0 Å². The van der Waals surface area contributed by atoms with E-state index in [9.17, 15) is 4.79 Å². The molecule has 0 unspecified atom stereocenters. The van der Waals surface area contributed by atoms with Gasteiger partial charge in [-0.05, 0) is 19.4 Å². The van der Waals surface area contributed by atoms with Crippen molar-refractivity contribution in [1.82, 2.24) is 5.32 Å². The van der Waals surface area contributed by atoms with E-state index in [1.165, 1.54) is 12.8 Å². The quantitative estimate of drug-likeness (QED) is 0.563. The van der Waals surface area contributed by atoms with Crippen LogP contribution in [0.4, 0.5) is 0 Å². The molecule has 0 saturated heterocycles. The van der Waals surface area contributed by atoms with Gasteiger partial charge in [-0.2, -0.15) is 0 Å². The number of hydrogen-bond acceptors (Lipinski definition) is 2. The van der Waals surface area contributed by atoms with Gasteiger partial charge in [0.2, 0.25) is 5.91 Å². The second-order valence-electron chi connectivity index (χ2n) is 3.74. The van der Waals surface area contributed by atoms with Crippen LogP contribution in [0.25, 0.3) is 0 Å². The van der Waals surface area contributed by atoms with Crippen molar-refractivity contribution >= 4 is 5.91 Å². The predicted octanol–water partition coefficient (Wildman–Crippen LogP) is 1.42. The molecular formula is C10H22N2O. The molecule has 0 aliphatic rings. The fourth-order valence-corrected chi connectivity index (χ4v) is 1.17. The Morgan fingerprint density at radius 2 is 1.85 bits per heavy atom. The summed E-state index contributed by atoms with van der Waals surface area (Å²) in [7, 11) is 0. The molecule has 78 valence electrons. The summed E-state index contributed by atoms with van der Waals surface area (Å²) in [5, 5.41) is 3.35. The Bertz CT molecular complexity index is 135. The first-order chi connectivity index (χ1) is 6.13. The van der Waals surface area contributed by atoms with Crippen molar-refractivity contribution in [1.29, 1.82) is 0 Å². The largest absolute Gasteiger partial charge is 0.370 e. The van der Waals surface area contributed by atoms with E-state index in [2.05, 4.69) is 19.2 Å². The Morgan fingerprint density at radius 1 is 1.23 bits per heavy atom. The number of primary amides is 1. The summed E-state index contributed by atoms with van der Waals surface area (Å²) >= 11 is 0. The molecule has 0 bridgehead atoms. The molecule has 0 aromatic heterocycles. The van der Waals surface area contributed by atoms with Crippen molar-refractivity contribution in [2.75, 3.05) is 6.54 Å². The van der Waals surface area contributed by atoms with Crippen LogP contribution in [0.2, 0.25) is 0 Å². The van der Waals surface area contributed by atoms with E-state index in [4.69, 9.17) is 5.73 Å². The SMILES string of the molecule is CC(C)NCCCCCCC(N)=O. The molecule has 3 nitrogen and oxygen atoms in total. The van der Waals surface area contributed by atoms with Gasteiger partial charge in [0.05, 0.1) is 0 Å².